The predicted octanol–water partition coefficient (Wildman–Crippen LogP) is 2.27. The molecule has 3 fully saturated rings. The Morgan fingerprint density at radius 2 is 2.00 bits per heavy atom. The van der Waals surface area contributed by atoms with Crippen LogP contribution in [-0.2, 0) is 6.54 Å². The van der Waals surface area contributed by atoms with Gasteiger partial charge in [0.25, 0.3) is 0 Å². The fraction of sp³-hybridized carbons (Fsp3) is 0.824. The predicted molar refractivity (Wildman–Crippen MR) is 84.1 cm³/mol. The van der Waals surface area contributed by atoms with E-state index in [4.69, 9.17) is 0 Å². The van der Waals surface area contributed by atoms with Crippen LogP contribution in [0.4, 0.5) is 0 Å². The van der Waals surface area contributed by atoms with E-state index in [0.717, 1.165) is 25.0 Å². The minimum Gasteiger partial charge on any atom is -0.311 e. The highest BCUT2D eigenvalue weighted by Gasteiger charge is 2.45. The van der Waals surface area contributed by atoms with Crippen LogP contribution in [0.1, 0.15) is 44.9 Å². The summed E-state index contributed by atoms with van der Waals surface area (Å²) in [6.45, 7) is 4.66. The first-order valence-corrected chi connectivity index (χ1v) is 8.82. The number of hydrogen-bond acceptors (Lipinski definition) is 3. The molecule has 1 aromatic heterocycles. The molecule has 4 rings (SSSR count). The number of rotatable bonds is 4. The van der Waals surface area contributed by atoms with Gasteiger partial charge in [0.1, 0.15) is 0 Å². The fourth-order valence-corrected chi connectivity index (χ4v) is 4.43. The van der Waals surface area contributed by atoms with E-state index >= 15 is 0 Å². The molecule has 0 bridgehead atoms. The second kappa shape index (κ2) is 5.73. The lowest BCUT2D eigenvalue weighted by Gasteiger charge is -2.52. The van der Waals surface area contributed by atoms with E-state index in [9.17, 15) is 0 Å². The van der Waals surface area contributed by atoms with Crippen molar-refractivity contribution in [3.05, 3.63) is 18.5 Å². The van der Waals surface area contributed by atoms with Crippen molar-refractivity contribution in [2.24, 2.45) is 5.92 Å². The molecule has 1 atom stereocenters. The Balaban J connectivity index is 1.45. The lowest BCUT2D eigenvalue weighted by atomic mass is 9.78. The Morgan fingerprint density at radius 1 is 1.14 bits per heavy atom. The zero-order valence-electron chi connectivity index (χ0n) is 13.0. The van der Waals surface area contributed by atoms with Crippen molar-refractivity contribution >= 4 is 0 Å². The molecular formula is C17H28N4. The minimum atomic E-state index is 0.441. The highest BCUT2D eigenvalue weighted by atomic mass is 15.3. The van der Waals surface area contributed by atoms with Crippen molar-refractivity contribution in [1.82, 2.24) is 20.0 Å². The summed E-state index contributed by atoms with van der Waals surface area (Å²) in [4.78, 5) is 2.83. The summed E-state index contributed by atoms with van der Waals surface area (Å²) in [6, 6.07) is 2.77. The third kappa shape index (κ3) is 2.88. The number of nitrogens with one attached hydrogen (secondary N) is 1. The molecule has 1 aromatic rings. The van der Waals surface area contributed by atoms with Crippen LogP contribution in [0.3, 0.4) is 0 Å². The number of nitrogens with zero attached hydrogens (tertiary/aromatic N) is 3. The molecule has 1 saturated heterocycles. The van der Waals surface area contributed by atoms with Gasteiger partial charge in [0.15, 0.2) is 0 Å². The van der Waals surface area contributed by atoms with E-state index in [2.05, 4.69) is 26.2 Å². The molecule has 3 aliphatic rings. The number of aromatic nitrogens is 2. The summed E-state index contributed by atoms with van der Waals surface area (Å²) in [5.74, 6) is 0.957. The van der Waals surface area contributed by atoms with Gasteiger partial charge in [-0.15, -0.1) is 0 Å². The van der Waals surface area contributed by atoms with E-state index in [1.54, 1.807) is 0 Å². The van der Waals surface area contributed by atoms with Crippen molar-refractivity contribution in [3.63, 3.8) is 0 Å². The van der Waals surface area contributed by atoms with Crippen molar-refractivity contribution in [2.45, 2.75) is 63.1 Å². The average molecular weight is 288 g/mol. The van der Waals surface area contributed by atoms with E-state index in [0.29, 0.717) is 5.54 Å². The molecule has 116 valence electrons. The number of hydrogen-bond donors (Lipinski definition) is 1. The molecule has 0 radical (unpaired) electrons. The highest BCUT2D eigenvalue weighted by molar-refractivity contribution is 5.03. The summed E-state index contributed by atoms with van der Waals surface area (Å²) in [6.07, 6.45) is 13.9. The third-order valence-corrected chi connectivity index (χ3v) is 5.91. The SMILES string of the molecule is c1cnn(CCN2CC(C3CC3)NCC23CCCCC3)c1. The van der Waals surface area contributed by atoms with E-state index in [-0.39, 0.29) is 0 Å². The molecule has 1 N–H and O–H groups in total. The maximum atomic E-state index is 4.38. The van der Waals surface area contributed by atoms with Crippen molar-refractivity contribution < 1.29 is 0 Å². The second-order valence-electron chi connectivity index (χ2n) is 7.32. The topological polar surface area (TPSA) is 33.1 Å². The van der Waals surface area contributed by atoms with Crippen molar-refractivity contribution in [2.75, 3.05) is 19.6 Å². The van der Waals surface area contributed by atoms with Gasteiger partial charge in [0.05, 0.1) is 6.54 Å². The van der Waals surface area contributed by atoms with Crippen LogP contribution in [-0.4, -0.2) is 45.9 Å². The lowest BCUT2D eigenvalue weighted by molar-refractivity contribution is 0.00329. The van der Waals surface area contributed by atoms with Crippen LogP contribution < -0.4 is 5.32 Å². The molecule has 1 aliphatic heterocycles. The van der Waals surface area contributed by atoms with E-state index < -0.39 is 0 Å². The Hall–Kier alpha value is -0.870. The van der Waals surface area contributed by atoms with Gasteiger partial charge in [-0.25, -0.2) is 0 Å². The van der Waals surface area contributed by atoms with Crippen LogP contribution in [0.5, 0.6) is 0 Å². The highest BCUT2D eigenvalue weighted by Crippen LogP contribution is 2.40. The molecule has 21 heavy (non-hydrogen) atoms. The summed E-state index contributed by atoms with van der Waals surface area (Å²) in [5.41, 5.74) is 0.441. The normalized spacial score (nSPS) is 29.8. The standard InChI is InChI=1S/C17H28N4/c1-2-7-17(8-3-1)14-18-16(15-5-6-15)13-20(17)11-12-21-10-4-9-19-21/h4,9-10,15-16,18H,1-3,5-8,11-14H2. The molecule has 0 aromatic carbocycles. The Kier molecular flexibility index (Phi) is 3.76. The first kappa shape index (κ1) is 13.8. The van der Waals surface area contributed by atoms with Gasteiger partial charge < -0.3 is 5.32 Å². The third-order valence-electron chi connectivity index (χ3n) is 5.91. The lowest BCUT2D eigenvalue weighted by Crippen LogP contribution is -2.66. The Bertz CT molecular complexity index is 445. The van der Waals surface area contributed by atoms with Crippen LogP contribution in [0, 0.1) is 5.92 Å². The van der Waals surface area contributed by atoms with Gasteiger partial charge in [-0.05, 0) is 37.7 Å². The molecule has 0 amide bonds. The van der Waals surface area contributed by atoms with Crippen LogP contribution >= 0.6 is 0 Å². The zero-order chi connectivity index (χ0) is 14.1. The summed E-state index contributed by atoms with van der Waals surface area (Å²) in [7, 11) is 0. The van der Waals surface area contributed by atoms with E-state index in [1.807, 2.05) is 12.3 Å². The summed E-state index contributed by atoms with van der Waals surface area (Å²) >= 11 is 0. The molecular weight excluding hydrogens is 260 g/mol. The maximum Gasteiger partial charge on any atom is 0.0536 e. The molecule has 2 saturated carbocycles. The van der Waals surface area contributed by atoms with Crippen molar-refractivity contribution in [1.29, 1.82) is 0 Å². The van der Waals surface area contributed by atoms with Gasteiger partial charge in [-0.2, -0.15) is 5.10 Å². The summed E-state index contributed by atoms with van der Waals surface area (Å²) < 4.78 is 2.09. The Morgan fingerprint density at radius 3 is 2.71 bits per heavy atom. The monoisotopic (exact) mass is 288 g/mol. The quantitative estimate of drug-likeness (QED) is 0.922. The van der Waals surface area contributed by atoms with Crippen LogP contribution in [0.25, 0.3) is 0 Å². The first-order chi connectivity index (χ1) is 10.4. The molecule has 2 heterocycles. The first-order valence-electron chi connectivity index (χ1n) is 8.82. The molecule has 4 nitrogen and oxygen atoms in total. The summed E-state index contributed by atoms with van der Waals surface area (Å²) in [5, 5.41) is 8.28. The second-order valence-corrected chi connectivity index (χ2v) is 7.32. The molecule has 1 unspecified atom stereocenters. The Labute approximate surface area is 127 Å². The van der Waals surface area contributed by atoms with Gasteiger partial charge in [0.2, 0.25) is 0 Å². The average Bonchev–Trinajstić information content (AvgIpc) is 3.24. The van der Waals surface area contributed by atoms with Crippen molar-refractivity contribution in [3.8, 4) is 0 Å². The van der Waals surface area contributed by atoms with Gasteiger partial charge >= 0.3 is 0 Å². The van der Waals surface area contributed by atoms with Gasteiger partial charge in [0, 0.05) is 43.6 Å². The fourth-order valence-electron chi connectivity index (χ4n) is 4.43. The molecule has 4 heteroatoms. The van der Waals surface area contributed by atoms with E-state index in [1.165, 1.54) is 58.0 Å². The largest absolute Gasteiger partial charge is 0.311 e. The maximum absolute atomic E-state index is 4.38. The minimum absolute atomic E-state index is 0.441. The molecule has 2 aliphatic carbocycles. The van der Waals surface area contributed by atoms with Crippen LogP contribution in [0.2, 0.25) is 0 Å². The smallest absolute Gasteiger partial charge is 0.0536 e. The van der Waals surface area contributed by atoms with Gasteiger partial charge in [-0.1, -0.05) is 19.3 Å². The van der Waals surface area contributed by atoms with Gasteiger partial charge in [-0.3, -0.25) is 9.58 Å². The molecule has 1 spiro atoms. The zero-order valence-corrected chi connectivity index (χ0v) is 13.0. The van der Waals surface area contributed by atoms with Crippen LogP contribution in [0.15, 0.2) is 18.5 Å². The number of piperazine rings is 1.